The largest absolute Gasteiger partial charge is 0.495 e. The third-order valence-corrected chi connectivity index (χ3v) is 4.42. The second-order valence-electron chi connectivity index (χ2n) is 6.18. The number of nitrogens with zero attached hydrogens (tertiary/aromatic N) is 1. The van der Waals surface area contributed by atoms with Gasteiger partial charge in [0.05, 0.1) is 12.8 Å². The number of carbonyl (C=O) groups is 3. The van der Waals surface area contributed by atoms with Gasteiger partial charge >= 0.3 is 12.2 Å². The van der Waals surface area contributed by atoms with Crippen molar-refractivity contribution in [2.24, 2.45) is 0 Å². The molecule has 3 rings (SSSR count). The van der Waals surface area contributed by atoms with Crippen molar-refractivity contribution in [3.8, 4) is 5.75 Å². The summed E-state index contributed by atoms with van der Waals surface area (Å²) >= 11 is 0. The molecule has 1 aliphatic rings. The van der Waals surface area contributed by atoms with Crippen LogP contribution in [0.3, 0.4) is 0 Å². The molecule has 2 aromatic carbocycles. The fourth-order valence-corrected chi connectivity index (χ4v) is 3.04. The van der Waals surface area contributed by atoms with Gasteiger partial charge < -0.3 is 15.4 Å². The van der Waals surface area contributed by atoms with Gasteiger partial charge in [0, 0.05) is 0 Å². The molecule has 1 heterocycles. The van der Waals surface area contributed by atoms with Crippen LogP contribution < -0.4 is 15.4 Å². The van der Waals surface area contributed by atoms with Crippen LogP contribution in [0.4, 0.5) is 23.7 Å². The lowest BCUT2D eigenvalue weighted by atomic mass is 9.89. The van der Waals surface area contributed by atoms with Crippen LogP contribution >= 0.6 is 0 Å². The maximum atomic E-state index is 13.9. The number of carbonyl (C=O) groups excluding carboxylic acids is 3. The topological polar surface area (TPSA) is 87.7 Å². The minimum absolute atomic E-state index is 0.241. The molecular weight excluding hydrogens is 391 g/mol. The predicted molar refractivity (Wildman–Crippen MR) is 96.0 cm³/mol. The third kappa shape index (κ3) is 3.48. The minimum Gasteiger partial charge on any atom is -0.495 e. The monoisotopic (exact) mass is 407 g/mol. The number of halogens is 3. The number of para-hydroxylation sites is 2. The number of rotatable bonds is 5. The molecule has 1 atom stereocenters. The molecule has 2 N–H and O–H groups in total. The van der Waals surface area contributed by atoms with E-state index in [-0.39, 0.29) is 10.6 Å². The maximum Gasteiger partial charge on any atom is 0.425 e. The van der Waals surface area contributed by atoms with Gasteiger partial charge in [-0.3, -0.25) is 14.5 Å². The Morgan fingerprint density at radius 3 is 2.34 bits per heavy atom. The minimum atomic E-state index is -5.12. The second kappa shape index (κ2) is 7.46. The van der Waals surface area contributed by atoms with Crippen molar-refractivity contribution < 1.29 is 32.3 Å². The number of imide groups is 1. The fourth-order valence-electron chi connectivity index (χ4n) is 3.04. The number of nitrogens with one attached hydrogen (secondary N) is 2. The molecule has 1 saturated heterocycles. The smallest absolute Gasteiger partial charge is 0.425 e. The molecule has 0 saturated carbocycles. The van der Waals surface area contributed by atoms with E-state index in [2.05, 4.69) is 5.32 Å². The van der Waals surface area contributed by atoms with E-state index in [9.17, 15) is 27.6 Å². The van der Waals surface area contributed by atoms with Gasteiger partial charge in [0.15, 0.2) is 0 Å². The average Bonchev–Trinajstić information content (AvgIpc) is 2.94. The highest BCUT2D eigenvalue weighted by Crippen LogP contribution is 2.43. The van der Waals surface area contributed by atoms with Crippen molar-refractivity contribution in [2.75, 3.05) is 19.0 Å². The van der Waals surface area contributed by atoms with Gasteiger partial charge in [0.1, 0.15) is 12.3 Å². The molecule has 2 aromatic rings. The quantitative estimate of drug-likeness (QED) is 0.746. The van der Waals surface area contributed by atoms with Crippen LogP contribution in [0.5, 0.6) is 5.75 Å². The zero-order valence-electron chi connectivity index (χ0n) is 15.1. The highest BCUT2D eigenvalue weighted by molar-refractivity contribution is 6.11. The molecule has 1 fully saturated rings. The number of benzene rings is 2. The van der Waals surface area contributed by atoms with Crippen LogP contribution in [-0.2, 0) is 15.1 Å². The standard InChI is InChI=1S/C19H16F3N3O4/c1-29-14-10-6-5-9-13(14)23-15(26)11-25-16(27)18(19(20,21)22,24-17(25)28)12-7-3-2-4-8-12/h2-10H,11H2,1H3,(H,23,26)(H,24,28). The van der Waals surface area contributed by atoms with Crippen molar-refractivity contribution in [1.29, 1.82) is 0 Å². The molecule has 152 valence electrons. The molecule has 0 spiro atoms. The first-order valence-electron chi connectivity index (χ1n) is 8.40. The molecule has 0 radical (unpaired) electrons. The van der Waals surface area contributed by atoms with E-state index in [1.54, 1.807) is 23.5 Å². The maximum absolute atomic E-state index is 13.9. The van der Waals surface area contributed by atoms with E-state index < -0.39 is 41.7 Å². The predicted octanol–water partition coefficient (Wildman–Crippen LogP) is 2.64. The lowest BCUT2D eigenvalue weighted by molar-refractivity contribution is -0.198. The summed E-state index contributed by atoms with van der Waals surface area (Å²) < 4.78 is 46.8. The SMILES string of the molecule is COc1ccccc1NC(=O)CN1C(=O)NC(c2ccccc2)(C(F)(F)F)C1=O. The molecule has 0 aromatic heterocycles. The van der Waals surface area contributed by atoms with E-state index >= 15 is 0 Å². The van der Waals surface area contributed by atoms with Crippen molar-refractivity contribution in [2.45, 2.75) is 11.7 Å². The van der Waals surface area contributed by atoms with E-state index in [4.69, 9.17) is 4.74 Å². The van der Waals surface area contributed by atoms with Crippen LogP contribution in [-0.4, -0.2) is 42.6 Å². The third-order valence-electron chi connectivity index (χ3n) is 4.42. The van der Waals surface area contributed by atoms with Gasteiger partial charge in [-0.05, 0) is 17.7 Å². The van der Waals surface area contributed by atoms with Crippen LogP contribution in [0.2, 0.25) is 0 Å². The van der Waals surface area contributed by atoms with E-state index in [1.165, 1.54) is 31.4 Å². The Morgan fingerprint density at radius 2 is 1.72 bits per heavy atom. The molecule has 0 bridgehead atoms. The molecule has 1 unspecified atom stereocenters. The van der Waals surface area contributed by atoms with Crippen LogP contribution in [0, 0.1) is 0 Å². The Bertz CT molecular complexity index is 949. The van der Waals surface area contributed by atoms with Gasteiger partial charge in [0.2, 0.25) is 11.4 Å². The van der Waals surface area contributed by atoms with E-state index in [0.717, 1.165) is 12.1 Å². The summed E-state index contributed by atoms with van der Waals surface area (Å²) in [6, 6.07) is 11.3. The zero-order chi connectivity index (χ0) is 21.2. The number of methoxy groups -OCH3 is 1. The summed E-state index contributed by atoms with van der Waals surface area (Å²) in [6.45, 7) is -0.895. The second-order valence-corrected chi connectivity index (χ2v) is 6.18. The summed E-state index contributed by atoms with van der Waals surface area (Å²) in [7, 11) is 1.37. The summed E-state index contributed by atoms with van der Waals surface area (Å²) in [5, 5.41) is 4.14. The molecule has 29 heavy (non-hydrogen) atoms. The number of urea groups is 1. The Kier molecular flexibility index (Phi) is 5.19. The summed E-state index contributed by atoms with van der Waals surface area (Å²) in [5.74, 6) is -2.12. The average molecular weight is 407 g/mol. The van der Waals surface area contributed by atoms with Crippen molar-refractivity contribution >= 4 is 23.5 Å². The number of hydrogen-bond donors (Lipinski definition) is 2. The zero-order valence-corrected chi connectivity index (χ0v) is 15.1. The lowest BCUT2D eigenvalue weighted by Gasteiger charge is -2.29. The normalized spacial score (nSPS) is 19.1. The van der Waals surface area contributed by atoms with Gasteiger partial charge in [0.25, 0.3) is 5.91 Å². The van der Waals surface area contributed by atoms with Gasteiger partial charge in [-0.25, -0.2) is 4.79 Å². The van der Waals surface area contributed by atoms with Crippen molar-refractivity contribution in [3.63, 3.8) is 0 Å². The molecule has 1 aliphatic heterocycles. The summed E-state index contributed by atoms with van der Waals surface area (Å²) in [4.78, 5) is 37.5. The number of amides is 4. The fraction of sp³-hybridized carbons (Fsp3) is 0.211. The Balaban J connectivity index is 1.87. The molecule has 7 nitrogen and oxygen atoms in total. The highest BCUT2D eigenvalue weighted by atomic mass is 19.4. The van der Waals surface area contributed by atoms with Crippen molar-refractivity contribution in [1.82, 2.24) is 10.2 Å². The first-order valence-corrected chi connectivity index (χ1v) is 8.40. The van der Waals surface area contributed by atoms with Gasteiger partial charge in [-0.2, -0.15) is 13.2 Å². The van der Waals surface area contributed by atoms with Gasteiger partial charge in [-0.1, -0.05) is 42.5 Å². The molecule has 0 aliphatic carbocycles. The molecule has 4 amide bonds. The number of alkyl halides is 3. The Morgan fingerprint density at radius 1 is 1.10 bits per heavy atom. The number of anilines is 1. The van der Waals surface area contributed by atoms with Crippen LogP contribution in [0.25, 0.3) is 0 Å². The van der Waals surface area contributed by atoms with E-state index in [0.29, 0.717) is 5.75 Å². The number of ether oxygens (including phenoxy) is 1. The summed E-state index contributed by atoms with van der Waals surface area (Å²) in [5.41, 5.74) is -3.45. The van der Waals surface area contributed by atoms with Gasteiger partial charge in [-0.15, -0.1) is 0 Å². The first kappa shape index (κ1) is 20.2. The van der Waals surface area contributed by atoms with Crippen LogP contribution in [0.15, 0.2) is 54.6 Å². The van der Waals surface area contributed by atoms with E-state index in [1.807, 2.05) is 0 Å². The Hall–Kier alpha value is -3.56. The first-order chi connectivity index (χ1) is 13.7. The van der Waals surface area contributed by atoms with Crippen LogP contribution in [0.1, 0.15) is 5.56 Å². The Labute approximate surface area is 163 Å². The van der Waals surface area contributed by atoms with Crippen molar-refractivity contribution in [3.05, 3.63) is 60.2 Å². The summed E-state index contributed by atoms with van der Waals surface area (Å²) in [6.07, 6.45) is -5.12. The molecule has 10 heteroatoms. The highest BCUT2D eigenvalue weighted by Gasteiger charge is 2.68. The lowest BCUT2D eigenvalue weighted by Crippen LogP contribution is -2.55. The number of hydrogen-bond acceptors (Lipinski definition) is 4. The molecular formula is C19H16F3N3O4.